The lowest BCUT2D eigenvalue weighted by molar-refractivity contribution is -0.130. The Morgan fingerprint density at radius 3 is 3.05 bits per heavy atom. The van der Waals surface area contributed by atoms with Gasteiger partial charge in [-0.15, -0.1) is 0 Å². The lowest BCUT2D eigenvalue weighted by atomic mass is 10.2. The van der Waals surface area contributed by atoms with Crippen LogP contribution in [0.15, 0.2) is 18.5 Å². The van der Waals surface area contributed by atoms with Crippen molar-refractivity contribution in [1.29, 1.82) is 0 Å². The van der Waals surface area contributed by atoms with Gasteiger partial charge in [0.25, 0.3) is 5.91 Å². The van der Waals surface area contributed by atoms with Crippen LogP contribution < -0.4 is 5.32 Å². The molecule has 1 aliphatic heterocycles. The largest absolute Gasteiger partial charge is 0.367 e. The Morgan fingerprint density at radius 1 is 1.37 bits per heavy atom. The Labute approximate surface area is 113 Å². The molecule has 1 saturated heterocycles. The molecule has 0 aliphatic carbocycles. The summed E-state index contributed by atoms with van der Waals surface area (Å²) in [5, 5.41) is 2.86. The second-order valence-electron chi connectivity index (χ2n) is 4.90. The monoisotopic (exact) mass is 263 g/mol. The van der Waals surface area contributed by atoms with Gasteiger partial charge in [0.2, 0.25) is 5.91 Å². The molecule has 0 atom stereocenters. The number of carbonyl (C=O) groups is 2. The van der Waals surface area contributed by atoms with Crippen molar-refractivity contribution in [3.63, 3.8) is 0 Å². The average Bonchev–Trinajstić information content (AvgIpc) is 2.87. The molecule has 2 N–H and O–H groups in total. The number of nitrogens with one attached hydrogen (secondary N) is 2. The molecule has 1 fully saturated rings. The van der Waals surface area contributed by atoms with Crippen LogP contribution in [0.5, 0.6) is 0 Å². The Balaban J connectivity index is 1.66. The standard InChI is InChI=1S/C14H21N3O2/c18-13-5-2-1-3-9-17(13)10-4-7-16-14(19)12-6-8-15-11-12/h6,8,11,15H,1-5,7,9-10H2,(H,16,19). The molecular formula is C14H21N3O2. The molecule has 0 spiro atoms. The second-order valence-corrected chi connectivity index (χ2v) is 4.90. The number of rotatable bonds is 5. The van der Waals surface area contributed by atoms with Crippen molar-refractivity contribution < 1.29 is 9.59 Å². The quantitative estimate of drug-likeness (QED) is 0.791. The van der Waals surface area contributed by atoms with Crippen LogP contribution in [0.25, 0.3) is 0 Å². The van der Waals surface area contributed by atoms with E-state index in [1.807, 2.05) is 4.90 Å². The Hall–Kier alpha value is -1.78. The van der Waals surface area contributed by atoms with Crippen molar-refractivity contribution in [2.75, 3.05) is 19.6 Å². The Morgan fingerprint density at radius 2 is 2.26 bits per heavy atom. The zero-order valence-corrected chi connectivity index (χ0v) is 11.2. The summed E-state index contributed by atoms with van der Waals surface area (Å²) in [4.78, 5) is 28.2. The van der Waals surface area contributed by atoms with Gasteiger partial charge >= 0.3 is 0 Å². The molecule has 2 amide bonds. The summed E-state index contributed by atoms with van der Waals surface area (Å²) in [5.74, 6) is 0.193. The predicted molar refractivity (Wildman–Crippen MR) is 72.8 cm³/mol. The maximum atomic E-state index is 11.8. The van der Waals surface area contributed by atoms with E-state index in [9.17, 15) is 9.59 Å². The maximum Gasteiger partial charge on any atom is 0.252 e. The molecule has 0 bridgehead atoms. The van der Waals surface area contributed by atoms with Gasteiger partial charge in [0, 0.05) is 38.4 Å². The number of carbonyl (C=O) groups excluding carboxylic acids is 2. The van der Waals surface area contributed by atoms with Gasteiger partial charge in [-0.1, -0.05) is 6.42 Å². The number of hydrogen-bond donors (Lipinski definition) is 2. The molecule has 2 rings (SSSR count). The van der Waals surface area contributed by atoms with Crippen molar-refractivity contribution >= 4 is 11.8 Å². The fourth-order valence-electron chi connectivity index (χ4n) is 2.31. The zero-order chi connectivity index (χ0) is 13.5. The summed E-state index contributed by atoms with van der Waals surface area (Å²) in [6.45, 7) is 2.21. The lowest BCUT2D eigenvalue weighted by Gasteiger charge is -2.20. The fourth-order valence-corrected chi connectivity index (χ4v) is 2.31. The summed E-state index contributed by atoms with van der Waals surface area (Å²) in [5.41, 5.74) is 0.644. The van der Waals surface area contributed by atoms with Gasteiger partial charge in [-0.3, -0.25) is 9.59 Å². The first kappa shape index (κ1) is 13.6. The summed E-state index contributed by atoms with van der Waals surface area (Å²) < 4.78 is 0. The molecule has 1 aliphatic rings. The molecule has 2 heterocycles. The van der Waals surface area contributed by atoms with Gasteiger partial charge < -0.3 is 15.2 Å². The van der Waals surface area contributed by atoms with Crippen LogP contribution in [0.3, 0.4) is 0 Å². The number of likely N-dealkylation sites (tertiary alicyclic amines) is 1. The molecular weight excluding hydrogens is 242 g/mol. The van der Waals surface area contributed by atoms with Gasteiger partial charge in [0.15, 0.2) is 0 Å². The van der Waals surface area contributed by atoms with Crippen molar-refractivity contribution in [3.05, 3.63) is 24.0 Å². The van der Waals surface area contributed by atoms with Gasteiger partial charge in [0.1, 0.15) is 0 Å². The van der Waals surface area contributed by atoms with Crippen molar-refractivity contribution in [2.45, 2.75) is 32.1 Å². The van der Waals surface area contributed by atoms with Crippen LogP contribution in [-0.4, -0.2) is 41.3 Å². The van der Waals surface area contributed by atoms with E-state index >= 15 is 0 Å². The third kappa shape index (κ3) is 4.12. The number of aromatic nitrogens is 1. The topological polar surface area (TPSA) is 65.2 Å². The fraction of sp³-hybridized carbons (Fsp3) is 0.571. The first-order valence-electron chi connectivity index (χ1n) is 6.96. The van der Waals surface area contributed by atoms with E-state index < -0.39 is 0 Å². The minimum absolute atomic E-state index is 0.0663. The van der Waals surface area contributed by atoms with Crippen molar-refractivity contribution in [1.82, 2.24) is 15.2 Å². The van der Waals surface area contributed by atoms with E-state index in [0.29, 0.717) is 18.5 Å². The molecule has 19 heavy (non-hydrogen) atoms. The number of H-pyrrole nitrogens is 1. The van der Waals surface area contributed by atoms with Crippen molar-refractivity contribution in [2.24, 2.45) is 0 Å². The average molecular weight is 263 g/mol. The third-order valence-electron chi connectivity index (χ3n) is 3.42. The molecule has 0 radical (unpaired) electrons. The summed E-state index contributed by atoms with van der Waals surface area (Å²) >= 11 is 0. The molecule has 5 heteroatoms. The SMILES string of the molecule is O=C(NCCCN1CCCCCC1=O)c1cc[nH]c1. The van der Waals surface area contributed by atoms with E-state index in [1.165, 1.54) is 0 Å². The van der Waals surface area contributed by atoms with E-state index in [0.717, 1.165) is 38.8 Å². The Kier molecular flexibility index (Phi) is 5.01. The van der Waals surface area contributed by atoms with Crippen LogP contribution in [0.2, 0.25) is 0 Å². The van der Waals surface area contributed by atoms with E-state index in [-0.39, 0.29) is 11.8 Å². The summed E-state index contributed by atoms with van der Waals surface area (Å²) in [6.07, 6.45) is 8.14. The van der Waals surface area contributed by atoms with Crippen molar-refractivity contribution in [3.8, 4) is 0 Å². The first-order chi connectivity index (χ1) is 9.27. The van der Waals surface area contributed by atoms with Gasteiger partial charge in [0.05, 0.1) is 5.56 Å². The minimum atomic E-state index is -0.0663. The highest BCUT2D eigenvalue weighted by Gasteiger charge is 2.15. The normalized spacial score (nSPS) is 16.2. The van der Waals surface area contributed by atoms with Crippen LogP contribution >= 0.6 is 0 Å². The van der Waals surface area contributed by atoms with E-state index in [1.54, 1.807) is 18.5 Å². The Bertz CT molecular complexity index is 414. The van der Waals surface area contributed by atoms with E-state index in [4.69, 9.17) is 0 Å². The molecule has 0 aromatic carbocycles. The highest BCUT2D eigenvalue weighted by molar-refractivity contribution is 5.93. The second kappa shape index (κ2) is 6.97. The van der Waals surface area contributed by atoms with Crippen LogP contribution in [0.1, 0.15) is 42.5 Å². The highest BCUT2D eigenvalue weighted by atomic mass is 16.2. The highest BCUT2D eigenvalue weighted by Crippen LogP contribution is 2.11. The van der Waals surface area contributed by atoms with Gasteiger partial charge in [-0.25, -0.2) is 0 Å². The van der Waals surface area contributed by atoms with Crippen LogP contribution in [-0.2, 0) is 4.79 Å². The summed E-state index contributed by atoms with van der Waals surface area (Å²) in [7, 11) is 0. The molecule has 104 valence electrons. The number of nitrogens with zero attached hydrogens (tertiary/aromatic N) is 1. The molecule has 1 aromatic rings. The summed E-state index contributed by atoms with van der Waals surface area (Å²) in [6, 6.07) is 1.74. The molecule has 0 saturated carbocycles. The molecule has 1 aromatic heterocycles. The molecule has 0 unspecified atom stereocenters. The number of aromatic amines is 1. The molecule has 5 nitrogen and oxygen atoms in total. The minimum Gasteiger partial charge on any atom is -0.367 e. The van der Waals surface area contributed by atoms with E-state index in [2.05, 4.69) is 10.3 Å². The number of amides is 2. The predicted octanol–water partition coefficient (Wildman–Crippen LogP) is 1.54. The van der Waals surface area contributed by atoms with Crippen LogP contribution in [0.4, 0.5) is 0 Å². The number of hydrogen-bond acceptors (Lipinski definition) is 2. The zero-order valence-electron chi connectivity index (χ0n) is 11.2. The van der Waals surface area contributed by atoms with Gasteiger partial charge in [-0.05, 0) is 25.3 Å². The lowest BCUT2D eigenvalue weighted by Crippen LogP contribution is -2.33. The smallest absolute Gasteiger partial charge is 0.252 e. The third-order valence-corrected chi connectivity index (χ3v) is 3.42. The van der Waals surface area contributed by atoms with Crippen LogP contribution in [0, 0.1) is 0 Å². The maximum absolute atomic E-state index is 11.8. The first-order valence-corrected chi connectivity index (χ1v) is 6.96. The van der Waals surface area contributed by atoms with Gasteiger partial charge in [-0.2, -0.15) is 0 Å².